The number of nitrogens with zero attached hydrogens (tertiary/aromatic N) is 3. The lowest BCUT2D eigenvalue weighted by atomic mass is 9.96. The Morgan fingerprint density at radius 3 is 2.91 bits per heavy atom. The number of rotatable bonds is 5. The van der Waals surface area contributed by atoms with Gasteiger partial charge in [-0.3, -0.25) is 9.78 Å². The maximum atomic E-state index is 12.2. The van der Waals surface area contributed by atoms with Crippen molar-refractivity contribution in [3.63, 3.8) is 0 Å². The van der Waals surface area contributed by atoms with E-state index < -0.39 is 0 Å². The largest absolute Gasteiger partial charge is 0.361 e. The van der Waals surface area contributed by atoms with Crippen molar-refractivity contribution in [3.05, 3.63) is 41.5 Å². The molecular weight excluding hydrogens is 298 g/mol. The molecular formula is C16H19N3O2S. The van der Waals surface area contributed by atoms with Crippen LogP contribution in [-0.2, 0) is 24.2 Å². The van der Waals surface area contributed by atoms with Gasteiger partial charge in [0.1, 0.15) is 11.5 Å². The van der Waals surface area contributed by atoms with Gasteiger partial charge < -0.3 is 9.42 Å². The van der Waals surface area contributed by atoms with Crippen molar-refractivity contribution in [2.45, 2.75) is 37.1 Å². The first-order valence-electron chi connectivity index (χ1n) is 7.47. The van der Waals surface area contributed by atoms with Crippen LogP contribution in [0.4, 0.5) is 0 Å². The van der Waals surface area contributed by atoms with Gasteiger partial charge in [-0.25, -0.2) is 0 Å². The highest BCUT2D eigenvalue weighted by Crippen LogP contribution is 2.25. The third-order valence-electron chi connectivity index (χ3n) is 3.86. The minimum Gasteiger partial charge on any atom is -0.361 e. The Morgan fingerprint density at radius 1 is 1.32 bits per heavy atom. The Morgan fingerprint density at radius 2 is 2.09 bits per heavy atom. The van der Waals surface area contributed by atoms with E-state index in [-0.39, 0.29) is 5.91 Å². The molecule has 116 valence electrons. The van der Waals surface area contributed by atoms with Gasteiger partial charge >= 0.3 is 0 Å². The zero-order valence-electron chi connectivity index (χ0n) is 12.6. The van der Waals surface area contributed by atoms with Gasteiger partial charge in [0, 0.05) is 36.3 Å². The Bertz CT molecular complexity index is 642. The summed E-state index contributed by atoms with van der Waals surface area (Å²) in [5.74, 6) is 1.52. The fourth-order valence-corrected chi connectivity index (χ4v) is 3.40. The fourth-order valence-electron chi connectivity index (χ4n) is 2.58. The molecule has 2 heterocycles. The number of fused-ring (bicyclic) bond motifs is 1. The monoisotopic (exact) mass is 317 g/mol. The van der Waals surface area contributed by atoms with Crippen molar-refractivity contribution in [2.24, 2.45) is 0 Å². The zero-order chi connectivity index (χ0) is 15.4. The third kappa shape index (κ3) is 3.50. The third-order valence-corrected chi connectivity index (χ3v) is 4.85. The molecule has 1 aliphatic carbocycles. The molecule has 2 aromatic heterocycles. The number of aromatic nitrogens is 2. The highest BCUT2D eigenvalue weighted by atomic mass is 32.2. The molecule has 22 heavy (non-hydrogen) atoms. The summed E-state index contributed by atoms with van der Waals surface area (Å²) in [7, 11) is 1.82. The lowest BCUT2D eigenvalue weighted by molar-refractivity contribution is -0.127. The molecule has 0 aromatic carbocycles. The molecule has 1 aliphatic rings. The van der Waals surface area contributed by atoms with Crippen LogP contribution in [0.5, 0.6) is 0 Å². The number of hydrogen-bond donors (Lipinski definition) is 0. The Hall–Kier alpha value is -1.82. The number of carbonyl (C=O) groups is 1. The maximum absolute atomic E-state index is 12.2. The summed E-state index contributed by atoms with van der Waals surface area (Å²) in [6, 6.07) is 3.82. The quantitative estimate of drug-likeness (QED) is 0.794. The summed E-state index contributed by atoms with van der Waals surface area (Å²) in [4.78, 5) is 19.0. The van der Waals surface area contributed by atoms with E-state index in [0.717, 1.165) is 29.2 Å². The molecule has 2 aromatic rings. The Balaban J connectivity index is 1.56. The summed E-state index contributed by atoms with van der Waals surface area (Å²) in [5, 5.41) is 4.15. The van der Waals surface area contributed by atoms with Crippen LogP contribution in [0.1, 0.15) is 29.9 Å². The minimum atomic E-state index is 0.0920. The SMILES string of the molecule is CN(Cc1noc2c1CCCC2)C(=O)CSc1ccncc1. The fraction of sp³-hybridized carbons (Fsp3) is 0.438. The van der Waals surface area contributed by atoms with Gasteiger partial charge in [0.25, 0.3) is 0 Å². The van der Waals surface area contributed by atoms with Gasteiger partial charge in [-0.1, -0.05) is 5.16 Å². The summed E-state index contributed by atoms with van der Waals surface area (Å²) in [6.07, 6.45) is 7.80. The van der Waals surface area contributed by atoms with Crippen molar-refractivity contribution in [1.29, 1.82) is 0 Å². The second kappa shape index (κ2) is 6.96. The van der Waals surface area contributed by atoms with Gasteiger partial charge in [-0.05, 0) is 31.4 Å². The molecule has 0 N–H and O–H groups in total. The summed E-state index contributed by atoms with van der Waals surface area (Å²) in [6.45, 7) is 0.522. The summed E-state index contributed by atoms with van der Waals surface area (Å²) < 4.78 is 5.40. The molecule has 6 heteroatoms. The van der Waals surface area contributed by atoms with E-state index in [9.17, 15) is 4.79 Å². The summed E-state index contributed by atoms with van der Waals surface area (Å²) >= 11 is 1.52. The molecule has 0 saturated heterocycles. The normalized spacial score (nSPS) is 13.7. The van der Waals surface area contributed by atoms with Crippen molar-refractivity contribution < 1.29 is 9.32 Å². The van der Waals surface area contributed by atoms with Crippen LogP contribution in [0.3, 0.4) is 0 Å². The molecule has 5 nitrogen and oxygen atoms in total. The van der Waals surface area contributed by atoms with Crippen LogP contribution in [0.25, 0.3) is 0 Å². The van der Waals surface area contributed by atoms with Crippen LogP contribution >= 0.6 is 11.8 Å². The standard InChI is InChI=1S/C16H19N3O2S/c1-19(16(20)11-22-12-6-8-17-9-7-12)10-14-13-4-2-3-5-15(13)21-18-14/h6-9H,2-5,10-11H2,1H3. The molecule has 3 rings (SSSR count). The van der Waals surface area contributed by atoms with Gasteiger partial charge in [-0.15, -0.1) is 11.8 Å². The van der Waals surface area contributed by atoms with E-state index in [1.807, 2.05) is 19.2 Å². The van der Waals surface area contributed by atoms with E-state index in [1.54, 1.807) is 17.3 Å². The Labute approximate surface area is 134 Å². The number of hydrogen-bond acceptors (Lipinski definition) is 5. The number of thioether (sulfide) groups is 1. The van der Waals surface area contributed by atoms with Crippen LogP contribution < -0.4 is 0 Å². The Kier molecular flexibility index (Phi) is 4.77. The first-order chi connectivity index (χ1) is 10.7. The highest BCUT2D eigenvalue weighted by Gasteiger charge is 2.21. The number of amides is 1. The zero-order valence-corrected chi connectivity index (χ0v) is 13.4. The van der Waals surface area contributed by atoms with E-state index in [1.165, 1.54) is 30.2 Å². The van der Waals surface area contributed by atoms with Gasteiger partial charge in [0.2, 0.25) is 5.91 Å². The smallest absolute Gasteiger partial charge is 0.233 e. The average molecular weight is 317 g/mol. The molecule has 0 unspecified atom stereocenters. The topological polar surface area (TPSA) is 59.2 Å². The number of carbonyl (C=O) groups excluding carboxylic acids is 1. The number of pyridine rings is 1. The van der Waals surface area contributed by atoms with Crippen LogP contribution in [0, 0.1) is 0 Å². The molecule has 0 saturated carbocycles. The van der Waals surface area contributed by atoms with Crippen LogP contribution in [-0.4, -0.2) is 33.7 Å². The molecule has 0 aliphatic heterocycles. The molecule has 0 atom stereocenters. The van der Waals surface area contributed by atoms with Crippen molar-refractivity contribution in [2.75, 3.05) is 12.8 Å². The van der Waals surface area contributed by atoms with Gasteiger partial charge in [-0.2, -0.15) is 0 Å². The first kappa shape index (κ1) is 15.1. The predicted molar refractivity (Wildman–Crippen MR) is 84.6 cm³/mol. The van der Waals surface area contributed by atoms with Crippen LogP contribution in [0.2, 0.25) is 0 Å². The summed E-state index contributed by atoms with van der Waals surface area (Å²) in [5.41, 5.74) is 2.13. The van der Waals surface area contributed by atoms with E-state index in [2.05, 4.69) is 10.1 Å². The lowest BCUT2D eigenvalue weighted by Gasteiger charge is -2.17. The van der Waals surface area contributed by atoms with E-state index >= 15 is 0 Å². The number of aryl methyl sites for hydroxylation is 1. The van der Waals surface area contributed by atoms with Gasteiger partial charge in [0.15, 0.2) is 0 Å². The van der Waals surface area contributed by atoms with Crippen molar-refractivity contribution in [3.8, 4) is 0 Å². The molecule has 0 spiro atoms. The first-order valence-corrected chi connectivity index (χ1v) is 8.45. The molecule has 1 amide bonds. The molecule has 0 radical (unpaired) electrons. The van der Waals surface area contributed by atoms with E-state index in [0.29, 0.717) is 12.3 Å². The molecule has 0 bridgehead atoms. The molecule has 0 fully saturated rings. The van der Waals surface area contributed by atoms with Crippen LogP contribution in [0.15, 0.2) is 33.9 Å². The minimum absolute atomic E-state index is 0.0920. The van der Waals surface area contributed by atoms with Crippen molar-refractivity contribution >= 4 is 17.7 Å². The second-order valence-electron chi connectivity index (χ2n) is 5.46. The predicted octanol–water partition coefficient (Wildman–Crippen LogP) is 2.70. The van der Waals surface area contributed by atoms with E-state index in [4.69, 9.17) is 4.52 Å². The highest BCUT2D eigenvalue weighted by molar-refractivity contribution is 8.00. The maximum Gasteiger partial charge on any atom is 0.233 e. The van der Waals surface area contributed by atoms with Gasteiger partial charge in [0.05, 0.1) is 12.3 Å². The average Bonchev–Trinajstić information content (AvgIpc) is 2.97. The lowest BCUT2D eigenvalue weighted by Crippen LogP contribution is -2.28. The van der Waals surface area contributed by atoms with Crippen molar-refractivity contribution in [1.82, 2.24) is 15.0 Å². The second-order valence-corrected chi connectivity index (χ2v) is 6.51.